The zero-order valence-electron chi connectivity index (χ0n) is 25.2. The van der Waals surface area contributed by atoms with E-state index in [1.807, 2.05) is 38.1 Å². The van der Waals surface area contributed by atoms with E-state index < -0.39 is 17.0 Å². The fourth-order valence-electron chi connectivity index (χ4n) is 6.36. The van der Waals surface area contributed by atoms with Gasteiger partial charge in [-0.2, -0.15) is 0 Å². The van der Waals surface area contributed by atoms with E-state index in [2.05, 4.69) is 86.6 Å². The van der Waals surface area contributed by atoms with E-state index in [-0.39, 0.29) is 12.6 Å². The molecule has 0 bridgehead atoms. The van der Waals surface area contributed by atoms with Crippen molar-refractivity contribution in [1.29, 1.82) is 0 Å². The third-order valence-electron chi connectivity index (χ3n) is 8.54. The maximum atomic E-state index is 6.23. The Hall–Kier alpha value is -3.68. The highest BCUT2D eigenvalue weighted by Gasteiger charge is 2.58. The van der Waals surface area contributed by atoms with Gasteiger partial charge in [-0.1, -0.05) is 86.6 Å². The van der Waals surface area contributed by atoms with Gasteiger partial charge in [-0.3, -0.25) is 9.47 Å². The Kier molecular flexibility index (Phi) is 7.06. The summed E-state index contributed by atoms with van der Waals surface area (Å²) >= 11 is 0. The van der Waals surface area contributed by atoms with Gasteiger partial charge < -0.3 is 18.9 Å². The quantitative estimate of drug-likeness (QED) is 0.141. The van der Waals surface area contributed by atoms with Crippen molar-refractivity contribution in [1.82, 2.24) is 0 Å². The molecule has 222 valence electrons. The van der Waals surface area contributed by atoms with Crippen LogP contribution >= 0.6 is 0 Å². The van der Waals surface area contributed by atoms with Gasteiger partial charge in [-0.05, 0) is 70.5 Å². The maximum Gasteiger partial charge on any atom is 0.261 e. The van der Waals surface area contributed by atoms with E-state index in [1.54, 1.807) is 0 Å². The van der Waals surface area contributed by atoms with Crippen LogP contribution in [0.4, 0.5) is 0 Å². The van der Waals surface area contributed by atoms with E-state index in [0.717, 1.165) is 35.5 Å². The van der Waals surface area contributed by atoms with Crippen molar-refractivity contribution in [2.75, 3.05) is 13.2 Å². The van der Waals surface area contributed by atoms with Crippen LogP contribution in [0.5, 0.6) is 11.5 Å². The number of ether oxygens (including phenoxy) is 6. The summed E-state index contributed by atoms with van der Waals surface area (Å²) in [6.07, 6.45) is 1.18. The number of rotatable bonds is 12. The Morgan fingerprint density at radius 3 is 1.35 bits per heavy atom. The Morgan fingerprint density at radius 1 is 0.558 bits per heavy atom. The molecule has 6 heteroatoms. The van der Waals surface area contributed by atoms with E-state index in [4.69, 9.17) is 28.4 Å². The zero-order chi connectivity index (χ0) is 29.7. The van der Waals surface area contributed by atoms with Gasteiger partial charge in [0, 0.05) is 27.1 Å². The van der Waals surface area contributed by atoms with Crippen LogP contribution in [-0.2, 0) is 24.4 Å². The van der Waals surface area contributed by atoms with Crippen molar-refractivity contribution in [2.24, 2.45) is 0 Å². The van der Waals surface area contributed by atoms with E-state index in [1.165, 1.54) is 22.3 Å². The largest absolute Gasteiger partial charge is 0.457 e. The molecule has 0 aromatic heterocycles. The second kappa shape index (κ2) is 10.8. The summed E-state index contributed by atoms with van der Waals surface area (Å²) in [6.45, 7) is 9.29. The monoisotopic (exact) mass is 578 g/mol. The molecule has 43 heavy (non-hydrogen) atoms. The SMILES string of the molecule is CCCOC1OC1(C)Oc1ccc(C2(c3ccc(OC4(C)OC4OCCC)cc3)c3ccccc3-c3ccccc32)cc1. The molecule has 2 heterocycles. The smallest absolute Gasteiger partial charge is 0.261 e. The first-order chi connectivity index (χ1) is 20.9. The minimum absolute atomic E-state index is 0.343. The van der Waals surface area contributed by atoms with Gasteiger partial charge in [0.05, 0.1) is 5.41 Å². The van der Waals surface area contributed by atoms with Crippen LogP contribution in [0.1, 0.15) is 62.8 Å². The summed E-state index contributed by atoms with van der Waals surface area (Å²) in [4.78, 5) is 0. The summed E-state index contributed by atoms with van der Waals surface area (Å²) in [5, 5.41) is 0. The molecule has 7 rings (SSSR count). The summed E-state index contributed by atoms with van der Waals surface area (Å²) in [6, 6.07) is 34.2. The molecular weight excluding hydrogens is 540 g/mol. The lowest BCUT2D eigenvalue weighted by molar-refractivity contribution is 0.0488. The van der Waals surface area contributed by atoms with Crippen LogP contribution in [0.15, 0.2) is 97.1 Å². The second-order valence-corrected chi connectivity index (χ2v) is 11.8. The molecule has 6 nitrogen and oxygen atoms in total. The fourth-order valence-corrected chi connectivity index (χ4v) is 6.36. The molecule has 4 aromatic carbocycles. The van der Waals surface area contributed by atoms with Gasteiger partial charge in [0.15, 0.2) is 0 Å². The number of hydrogen-bond acceptors (Lipinski definition) is 6. The molecule has 0 N–H and O–H groups in total. The molecule has 1 aliphatic carbocycles. The third-order valence-corrected chi connectivity index (χ3v) is 8.54. The van der Waals surface area contributed by atoms with Crippen LogP contribution in [0, 0.1) is 0 Å². The summed E-state index contributed by atoms with van der Waals surface area (Å²) < 4.78 is 35.4. The molecule has 0 amide bonds. The van der Waals surface area contributed by atoms with Crippen molar-refractivity contribution in [3.05, 3.63) is 119 Å². The first-order valence-corrected chi connectivity index (χ1v) is 15.3. The highest BCUT2D eigenvalue weighted by Crippen LogP contribution is 2.56. The molecule has 0 radical (unpaired) electrons. The molecule has 2 saturated heterocycles. The molecule has 4 aromatic rings. The lowest BCUT2D eigenvalue weighted by atomic mass is 9.68. The topological polar surface area (TPSA) is 62.0 Å². The van der Waals surface area contributed by atoms with Gasteiger partial charge in [0.25, 0.3) is 11.6 Å². The minimum Gasteiger partial charge on any atom is -0.457 e. The second-order valence-electron chi connectivity index (χ2n) is 11.8. The van der Waals surface area contributed by atoms with E-state index in [9.17, 15) is 0 Å². The highest BCUT2D eigenvalue weighted by atomic mass is 16.9. The van der Waals surface area contributed by atoms with Gasteiger partial charge in [0.2, 0.25) is 12.6 Å². The van der Waals surface area contributed by atoms with Crippen molar-refractivity contribution >= 4 is 0 Å². The molecule has 4 unspecified atom stereocenters. The molecule has 2 aliphatic heterocycles. The first-order valence-electron chi connectivity index (χ1n) is 15.3. The van der Waals surface area contributed by atoms with Crippen LogP contribution in [0.3, 0.4) is 0 Å². The lowest BCUT2D eigenvalue weighted by Gasteiger charge is -2.34. The van der Waals surface area contributed by atoms with Crippen molar-refractivity contribution in [3.63, 3.8) is 0 Å². The zero-order valence-corrected chi connectivity index (χ0v) is 25.2. The summed E-state index contributed by atoms with van der Waals surface area (Å²) in [7, 11) is 0. The average Bonchev–Trinajstić information content (AvgIpc) is 3.85. The Morgan fingerprint density at radius 2 is 0.953 bits per heavy atom. The molecule has 3 aliphatic rings. The van der Waals surface area contributed by atoms with Gasteiger partial charge >= 0.3 is 0 Å². The highest BCUT2D eigenvalue weighted by molar-refractivity contribution is 5.86. The predicted octanol–water partition coefficient (Wildman–Crippen LogP) is 7.81. The molecule has 2 fully saturated rings. The average molecular weight is 579 g/mol. The van der Waals surface area contributed by atoms with Crippen molar-refractivity contribution < 1.29 is 28.4 Å². The molecule has 0 saturated carbocycles. The number of epoxide rings is 2. The Labute approximate surface area is 253 Å². The Balaban J connectivity index is 1.25. The first kappa shape index (κ1) is 28.1. The minimum atomic E-state index is -0.765. The summed E-state index contributed by atoms with van der Waals surface area (Å²) in [5.41, 5.74) is 6.74. The maximum absolute atomic E-state index is 6.23. The summed E-state index contributed by atoms with van der Waals surface area (Å²) in [5.74, 6) is -0.0481. The standard InChI is InChI=1S/C37H38O6/c1-5-23-38-33-35(3,42-33)40-27-19-15-25(16-20-27)37(31-13-9-7-11-29(31)30-12-8-10-14-32(30)37)26-17-21-28(22-18-26)41-36(4)34(43-36)39-24-6-2/h7-22,33-34H,5-6,23-24H2,1-4H3. The Bertz CT molecular complexity index is 1480. The normalized spacial score (nSPS) is 26.0. The van der Waals surface area contributed by atoms with Gasteiger partial charge in [-0.25, -0.2) is 0 Å². The third kappa shape index (κ3) is 4.83. The number of benzene rings is 4. The van der Waals surface area contributed by atoms with Crippen LogP contribution in [0.25, 0.3) is 11.1 Å². The van der Waals surface area contributed by atoms with Crippen LogP contribution in [-0.4, -0.2) is 37.4 Å². The van der Waals surface area contributed by atoms with Gasteiger partial charge in [-0.15, -0.1) is 0 Å². The number of hydrogen-bond donors (Lipinski definition) is 0. The van der Waals surface area contributed by atoms with Gasteiger partial charge in [0.1, 0.15) is 11.5 Å². The molecule has 0 spiro atoms. The van der Waals surface area contributed by atoms with Crippen LogP contribution < -0.4 is 9.47 Å². The van der Waals surface area contributed by atoms with E-state index >= 15 is 0 Å². The van der Waals surface area contributed by atoms with Crippen molar-refractivity contribution in [3.8, 4) is 22.6 Å². The predicted molar refractivity (Wildman–Crippen MR) is 164 cm³/mol. The molecule has 4 atom stereocenters. The van der Waals surface area contributed by atoms with Crippen LogP contribution in [0.2, 0.25) is 0 Å². The van der Waals surface area contributed by atoms with Crippen molar-refractivity contribution in [2.45, 2.75) is 70.1 Å². The molecular formula is C37H38O6. The number of fused-ring (bicyclic) bond motifs is 3. The van der Waals surface area contributed by atoms with E-state index in [0.29, 0.717) is 13.2 Å². The fraction of sp³-hybridized carbons (Fsp3) is 0.351. The lowest BCUT2D eigenvalue weighted by Crippen LogP contribution is -2.28.